The molecule has 102 valence electrons. The van der Waals surface area contributed by atoms with Gasteiger partial charge in [0.15, 0.2) is 5.82 Å². The van der Waals surface area contributed by atoms with Crippen LogP contribution in [0, 0.1) is 0 Å². The van der Waals surface area contributed by atoms with E-state index in [-0.39, 0.29) is 0 Å². The van der Waals surface area contributed by atoms with Gasteiger partial charge in [0.1, 0.15) is 0 Å². The highest BCUT2D eigenvalue weighted by Gasteiger charge is 2.10. The first-order valence-electron chi connectivity index (χ1n) is 6.40. The number of thioether (sulfide) groups is 1. The maximum absolute atomic E-state index is 4.09. The lowest BCUT2D eigenvalue weighted by atomic mass is 10.2. The third-order valence-electron chi connectivity index (χ3n) is 2.94. The van der Waals surface area contributed by atoms with Crippen molar-refractivity contribution >= 4 is 11.8 Å². The predicted molar refractivity (Wildman–Crippen MR) is 78.5 cm³/mol. The molecule has 0 saturated heterocycles. The summed E-state index contributed by atoms with van der Waals surface area (Å²) in [4.78, 5) is 0. The number of hydrogen-bond acceptors (Lipinski definition) is 5. The van der Waals surface area contributed by atoms with Gasteiger partial charge in [0.25, 0.3) is 0 Å². The van der Waals surface area contributed by atoms with Crippen molar-refractivity contribution in [3.8, 4) is 5.69 Å². The molecular formula is C13H19N5S. The number of para-hydroxylation sites is 1. The second kappa shape index (κ2) is 7.25. The van der Waals surface area contributed by atoms with Gasteiger partial charge in [-0.15, -0.1) is 5.10 Å². The van der Waals surface area contributed by atoms with Crippen LogP contribution in [0.3, 0.4) is 0 Å². The lowest BCUT2D eigenvalue weighted by molar-refractivity contribution is 0.523. The molecular weight excluding hydrogens is 258 g/mol. The molecule has 1 aromatic carbocycles. The lowest BCUT2D eigenvalue weighted by Crippen LogP contribution is -2.31. The number of nitrogens with one attached hydrogen (secondary N) is 1. The van der Waals surface area contributed by atoms with Gasteiger partial charge in [0, 0.05) is 11.8 Å². The van der Waals surface area contributed by atoms with E-state index in [0.29, 0.717) is 12.6 Å². The maximum Gasteiger partial charge on any atom is 0.170 e. The van der Waals surface area contributed by atoms with Crippen LogP contribution in [-0.2, 0) is 6.54 Å². The summed E-state index contributed by atoms with van der Waals surface area (Å²) in [5.41, 5.74) is 0.988. The molecule has 0 saturated carbocycles. The van der Waals surface area contributed by atoms with Crippen molar-refractivity contribution in [3.63, 3.8) is 0 Å². The Labute approximate surface area is 117 Å². The normalized spacial score (nSPS) is 12.5. The van der Waals surface area contributed by atoms with Gasteiger partial charge in [-0.05, 0) is 35.2 Å². The zero-order valence-electron chi connectivity index (χ0n) is 11.3. The van der Waals surface area contributed by atoms with Gasteiger partial charge in [0.05, 0.1) is 12.2 Å². The number of hydrogen-bond donors (Lipinski definition) is 1. The molecule has 1 unspecified atom stereocenters. The van der Waals surface area contributed by atoms with Crippen molar-refractivity contribution in [2.45, 2.75) is 25.9 Å². The molecule has 2 aromatic rings. The van der Waals surface area contributed by atoms with Gasteiger partial charge < -0.3 is 5.32 Å². The van der Waals surface area contributed by atoms with Gasteiger partial charge in [-0.25, -0.2) is 0 Å². The molecule has 1 heterocycles. The van der Waals surface area contributed by atoms with Gasteiger partial charge in [-0.2, -0.15) is 16.4 Å². The van der Waals surface area contributed by atoms with Crippen LogP contribution in [0.4, 0.5) is 0 Å². The van der Waals surface area contributed by atoms with E-state index in [1.807, 2.05) is 42.1 Å². The van der Waals surface area contributed by atoms with Crippen LogP contribution in [0.2, 0.25) is 0 Å². The van der Waals surface area contributed by atoms with E-state index in [2.05, 4.69) is 34.0 Å². The summed E-state index contributed by atoms with van der Waals surface area (Å²) in [6.45, 7) is 2.87. The second-order valence-corrected chi connectivity index (χ2v) is 5.19. The topological polar surface area (TPSA) is 55.6 Å². The van der Waals surface area contributed by atoms with Crippen LogP contribution >= 0.6 is 11.8 Å². The summed E-state index contributed by atoms with van der Waals surface area (Å²) in [5.74, 6) is 1.94. The highest BCUT2D eigenvalue weighted by atomic mass is 32.2. The van der Waals surface area contributed by atoms with Crippen molar-refractivity contribution < 1.29 is 0 Å². The van der Waals surface area contributed by atoms with Gasteiger partial charge in [-0.3, -0.25) is 0 Å². The fraction of sp³-hybridized carbons (Fsp3) is 0.462. The van der Waals surface area contributed by atoms with E-state index in [0.717, 1.165) is 23.7 Å². The van der Waals surface area contributed by atoms with Crippen LogP contribution in [-0.4, -0.2) is 38.3 Å². The van der Waals surface area contributed by atoms with Gasteiger partial charge in [-0.1, -0.05) is 25.1 Å². The third kappa shape index (κ3) is 3.78. The van der Waals surface area contributed by atoms with Crippen molar-refractivity contribution in [3.05, 3.63) is 36.2 Å². The molecule has 0 aliphatic carbocycles. The fourth-order valence-electron chi connectivity index (χ4n) is 1.84. The Hall–Kier alpha value is -1.40. The van der Waals surface area contributed by atoms with Crippen LogP contribution in [0.1, 0.15) is 19.2 Å². The van der Waals surface area contributed by atoms with Gasteiger partial charge in [0.2, 0.25) is 0 Å². The smallest absolute Gasteiger partial charge is 0.170 e. The Morgan fingerprint density at radius 1 is 1.32 bits per heavy atom. The number of aromatic nitrogens is 4. The fourth-order valence-corrected chi connectivity index (χ4v) is 2.60. The predicted octanol–water partition coefficient (Wildman–Crippen LogP) is 1.89. The standard InChI is InChI=1S/C13H19N5S/c1-3-11(10-19-2)14-9-13-15-16-17-18(13)12-7-5-4-6-8-12/h4-8,11,14H,3,9-10H2,1-2H3. The first-order chi connectivity index (χ1) is 9.35. The molecule has 0 aliphatic heterocycles. The van der Waals surface area contributed by atoms with E-state index in [1.165, 1.54) is 0 Å². The molecule has 2 rings (SSSR count). The summed E-state index contributed by atoms with van der Waals surface area (Å²) in [5, 5.41) is 15.4. The molecule has 6 heteroatoms. The summed E-state index contributed by atoms with van der Waals surface area (Å²) < 4.78 is 1.78. The van der Waals surface area contributed by atoms with E-state index >= 15 is 0 Å². The SMILES string of the molecule is CCC(CSC)NCc1nnnn1-c1ccccc1. The van der Waals surface area contributed by atoms with Gasteiger partial charge >= 0.3 is 0 Å². The molecule has 1 atom stereocenters. The molecule has 0 radical (unpaired) electrons. The zero-order valence-corrected chi connectivity index (χ0v) is 12.1. The minimum absolute atomic E-state index is 0.496. The Bertz CT molecular complexity index is 485. The van der Waals surface area contributed by atoms with E-state index in [1.54, 1.807) is 4.68 Å². The summed E-state index contributed by atoms with van der Waals surface area (Å²) in [7, 11) is 0. The van der Waals surface area contributed by atoms with Crippen molar-refractivity contribution in [2.75, 3.05) is 12.0 Å². The first kappa shape index (κ1) is 14.0. The van der Waals surface area contributed by atoms with E-state index in [9.17, 15) is 0 Å². The second-order valence-electron chi connectivity index (χ2n) is 4.28. The van der Waals surface area contributed by atoms with E-state index in [4.69, 9.17) is 0 Å². The Balaban J connectivity index is 2.04. The molecule has 5 nitrogen and oxygen atoms in total. The maximum atomic E-state index is 4.09. The van der Waals surface area contributed by atoms with Crippen molar-refractivity contribution in [1.82, 2.24) is 25.5 Å². The van der Waals surface area contributed by atoms with Crippen molar-refractivity contribution in [2.24, 2.45) is 0 Å². The molecule has 1 N–H and O–H groups in total. The highest BCUT2D eigenvalue weighted by molar-refractivity contribution is 7.98. The number of tetrazole rings is 1. The highest BCUT2D eigenvalue weighted by Crippen LogP contribution is 2.08. The monoisotopic (exact) mass is 277 g/mol. The largest absolute Gasteiger partial charge is 0.306 e. The minimum atomic E-state index is 0.496. The third-order valence-corrected chi connectivity index (χ3v) is 3.68. The summed E-state index contributed by atoms with van der Waals surface area (Å²) >= 11 is 1.85. The average Bonchev–Trinajstić information content (AvgIpc) is 2.93. The number of benzene rings is 1. The number of nitrogens with zero attached hydrogens (tertiary/aromatic N) is 4. The van der Waals surface area contributed by atoms with Crippen LogP contribution in [0.25, 0.3) is 5.69 Å². The molecule has 0 amide bonds. The van der Waals surface area contributed by atoms with Crippen molar-refractivity contribution in [1.29, 1.82) is 0 Å². The Kier molecular flexibility index (Phi) is 5.35. The summed E-state index contributed by atoms with van der Waals surface area (Å²) in [6, 6.07) is 10.4. The van der Waals surface area contributed by atoms with E-state index < -0.39 is 0 Å². The summed E-state index contributed by atoms with van der Waals surface area (Å²) in [6.07, 6.45) is 3.23. The van der Waals surface area contributed by atoms with Crippen LogP contribution < -0.4 is 5.32 Å². The zero-order chi connectivity index (χ0) is 13.5. The molecule has 0 aliphatic rings. The molecule has 0 fully saturated rings. The molecule has 19 heavy (non-hydrogen) atoms. The average molecular weight is 277 g/mol. The number of rotatable bonds is 7. The molecule has 0 spiro atoms. The lowest BCUT2D eigenvalue weighted by Gasteiger charge is -2.15. The Morgan fingerprint density at radius 2 is 2.11 bits per heavy atom. The minimum Gasteiger partial charge on any atom is -0.306 e. The molecule has 1 aromatic heterocycles. The van der Waals surface area contributed by atoms with Crippen LogP contribution in [0.5, 0.6) is 0 Å². The molecule has 0 bridgehead atoms. The Morgan fingerprint density at radius 3 is 2.79 bits per heavy atom. The van der Waals surface area contributed by atoms with Crippen LogP contribution in [0.15, 0.2) is 30.3 Å². The first-order valence-corrected chi connectivity index (χ1v) is 7.79. The quantitative estimate of drug-likeness (QED) is 0.837.